The van der Waals surface area contributed by atoms with E-state index in [0.717, 1.165) is 0 Å². The first-order chi connectivity index (χ1) is 2.81. The largest absolute Gasteiger partial charge is 0.322 e. The van der Waals surface area contributed by atoms with Crippen molar-refractivity contribution in [3.8, 4) is 0 Å². The first-order valence-electron chi connectivity index (χ1n) is 1.50. The first kappa shape index (κ1) is 5.39. The predicted octanol–water partition coefficient (Wildman–Crippen LogP) is -2.06. The number of nitrogens with two attached hydrogens (primary N) is 2. The van der Waals surface area contributed by atoms with Gasteiger partial charge < -0.3 is 5.73 Å². The Hall–Kier alpha value is -0.610. The van der Waals surface area contributed by atoms with Gasteiger partial charge in [-0.3, -0.25) is 10.2 Å². The minimum Gasteiger partial charge on any atom is -0.322 e. The molecule has 0 rings (SSSR count). The fourth-order valence-corrected chi connectivity index (χ4v) is 0.0589. The Labute approximate surface area is 35.5 Å². The summed E-state index contributed by atoms with van der Waals surface area (Å²) in [4.78, 5) is 9.82. The van der Waals surface area contributed by atoms with Gasteiger partial charge in [0.2, 0.25) is 5.91 Å². The molecule has 36 valence electrons. The van der Waals surface area contributed by atoms with Crippen molar-refractivity contribution in [2.24, 2.45) is 11.6 Å². The van der Waals surface area contributed by atoms with Gasteiger partial charge in [0.25, 0.3) is 0 Å². The maximum Gasteiger partial charge on any atom is 0.247 e. The summed E-state index contributed by atoms with van der Waals surface area (Å²) in [6.07, 6.45) is 0. The molecular formula is C2H7N3O. The smallest absolute Gasteiger partial charge is 0.247 e. The van der Waals surface area contributed by atoms with Gasteiger partial charge in [-0.1, -0.05) is 0 Å². The van der Waals surface area contributed by atoms with Crippen LogP contribution in [0.1, 0.15) is 0 Å². The van der Waals surface area contributed by atoms with Crippen LogP contribution >= 0.6 is 0 Å². The van der Waals surface area contributed by atoms with E-state index in [2.05, 4.69) is 5.84 Å². The molecule has 4 heteroatoms. The van der Waals surface area contributed by atoms with Crippen LogP contribution in [-0.4, -0.2) is 12.5 Å². The average molecular weight is 89.1 g/mol. The Morgan fingerprint density at radius 1 is 1.83 bits per heavy atom. The monoisotopic (exact) mass is 89.1 g/mol. The summed E-state index contributed by atoms with van der Waals surface area (Å²) in [5.41, 5.74) is 6.64. The number of hydrazine groups is 1. The number of amides is 1. The lowest BCUT2D eigenvalue weighted by Crippen LogP contribution is -2.35. The van der Waals surface area contributed by atoms with Gasteiger partial charge in [0.15, 0.2) is 0 Å². The molecule has 0 bridgehead atoms. The van der Waals surface area contributed by atoms with Crippen LogP contribution in [0.15, 0.2) is 0 Å². The molecule has 0 radical (unpaired) electrons. The Morgan fingerprint density at radius 2 is 2.33 bits per heavy atom. The van der Waals surface area contributed by atoms with Crippen LogP contribution in [-0.2, 0) is 4.79 Å². The fraction of sp³-hybridized carbons (Fsp3) is 0.500. The molecule has 0 saturated heterocycles. The van der Waals surface area contributed by atoms with Crippen LogP contribution in [0.3, 0.4) is 0 Å². The second-order valence-electron chi connectivity index (χ2n) is 0.772. The number of rotatable bonds is 1. The zero-order valence-corrected chi connectivity index (χ0v) is 3.27. The molecule has 0 aliphatic carbocycles. The number of carbonyl (C=O) groups is 1. The lowest BCUT2D eigenvalue weighted by molar-refractivity contribution is -0.119. The van der Waals surface area contributed by atoms with Crippen LogP contribution in [0.4, 0.5) is 0 Å². The summed E-state index contributed by atoms with van der Waals surface area (Å²) in [6, 6.07) is 0. The van der Waals surface area contributed by atoms with Crippen molar-refractivity contribution in [2.45, 2.75) is 0 Å². The minimum absolute atomic E-state index is 0.0451. The normalized spacial score (nSPS) is 7.67. The standard InChI is InChI=1S/C2H7N3O/c3-1-2(6)5-4/h1,3-4H2,(H,5,6). The van der Waals surface area contributed by atoms with Crippen LogP contribution in [0.25, 0.3) is 0 Å². The molecule has 0 heterocycles. The second kappa shape index (κ2) is 2.62. The molecule has 0 unspecified atom stereocenters. The molecule has 0 saturated carbocycles. The third-order valence-electron chi connectivity index (χ3n) is 0.346. The third kappa shape index (κ3) is 1.68. The van der Waals surface area contributed by atoms with Crippen LogP contribution < -0.4 is 17.0 Å². The average Bonchev–Trinajstić information content (AvgIpc) is 1.65. The van der Waals surface area contributed by atoms with Crippen molar-refractivity contribution in [3.63, 3.8) is 0 Å². The van der Waals surface area contributed by atoms with E-state index in [0.29, 0.717) is 0 Å². The maximum atomic E-state index is 9.82. The Bertz CT molecular complexity index is 46.8. The SMILES string of the molecule is NCC(=O)NN. The van der Waals surface area contributed by atoms with Crippen molar-refractivity contribution in [3.05, 3.63) is 0 Å². The summed E-state index contributed by atoms with van der Waals surface area (Å²) in [6.45, 7) is -0.0451. The minimum atomic E-state index is -0.352. The van der Waals surface area contributed by atoms with E-state index >= 15 is 0 Å². The Balaban J connectivity index is 2.99. The molecule has 0 atom stereocenters. The summed E-state index contributed by atoms with van der Waals surface area (Å²) in [5.74, 6) is 4.25. The third-order valence-corrected chi connectivity index (χ3v) is 0.346. The number of carbonyl (C=O) groups excluding carboxylic acids is 1. The quantitative estimate of drug-likeness (QED) is 0.196. The van der Waals surface area contributed by atoms with E-state index in [4.69, 9.17) is 5.73 Å². The number of hydrogen-bond acceptors (Lipinski definition) is 3. The van der Waals surface area contributed by atoms with Gasteiger partial charge in [0.1, 0.15) is 0 Å². The number of hydrogen-bond donors (Lipinski definition) is 3. The molecule has 0 aromatic carbocycles. The van der Waals surface area contributed by atoms with E-state index in [1.165, 1.54) is 0 Å². The molecule has 5 N–H and O–H groups in total. The van der Waals surface area contributed by atoms with Crippen LogP contribution in [0.2, 0.25) is 0 Å². The van der Waals surface area contributed by atoms with Crippen LogP contribution in [0, 0.1) is 0 Å². The van der Waals surface area contributed by atoms with E-state index in [1.807, 2.05) is 5.43 Å². The molecule has 4 nitrogen and oxygen atoms in total. The van der Waals surface area contributed by atoms with Crippen molar-refractivity contribution in [1.82, 2.24) is 5.43 Å². The van der Waals surface area contributed by atoms with Crippen molar-refractivity contribution in [1.29, 1.82) is 0 Å². The van der Waals surface area contributed by atoms with Gasteiger partial charge in [0, 0.05) is 0 Å². The first-order valence-corrected chi connectivity index (χ1v) is 1.50. The highest BCUT2D eigenvalue weighted by Crippen LogP contribution is 1.43. The van der Waals surface area contributed by atoms with Gasteiger partial charge in [-0.25, -0.2) is 5.84 Å². The molecule has 0 spiro atoms. The fourth-order valence-electron chi connectivity index (χ4n) is 0.0589. The topological polar surface area (TPSA) is 81.1 Å². The highest BCUT2D eigenvalue weighted by molar-refractivity contribution is 5.76. The Morgan fingerprint density at radius 3 is 2.33 bits per heavy atom. The molecule has 0 aliphatic heterocycles. The van der Waals surface area contributed by atoms with Crippen molar-refractivity contribution in [2.75, 3.05) is 6.54 Å². The summed E-state index contributed by atoms with van der Waals surface area (Å²) < 4.78 is 0. The molecule has 0 aliphatic rings. The molecule has 0 fully saturated rings. The lowest BCUT2D eigenvalue weighted by Gasteiger charge is -1.87. The van der Waals surface area contributed by atoms with Crippen molar-refractivity contribution < 1.29 is 4.79 Å². The Kier molecular flexibility index (Phi) is 2.35. The van der Waals surface area contributed by atoms with Gasteiger partial charge in [-0.2, -0.15) is 0 Å². The lowest BCUT2D eigenvalue weighted by atomic mass is 10.7. The summed E-state index contributed by atoms with van der Waals surface area (Å²) in [5, 5.41) is 0. The van der Waals surface area contributed by atoms with E-state index in [1.54, 1.807) is 0 Å². The second-order valence-corrected chi connectivity index (χ2v) is 0.772. The van der Waals surface area contributed by atoms with Gasteiger partial charge >= 0.3 is 0 Å². The molecule has 1 amide bonds. The van der Waals surface area contributed by atoms with Crippen LogP contribution in [0.5, 0.6) is 0 Å². The zero-order valence-electron chi connectivity index (χ0n) is 3.27. The van der Waals surface area contributed by atoms with Gasteiger partial charge in [0.05, 0.1) is 6.54 Å². The molecular weight excluding hydrogens is 82.0 g/mol. The van der Waals surface area contributed by atoms with E-state index < -0.39 is 0 Å². The maximum absolute atomic E-state index is 9.82. The van der Waals surface area contributed by atoms with E-state index in [-0.39, 0.29) is 12.5 Å². The molecule has 0 aromatic rings. The molecule has 0 aromatic heterocycles. The zero-order chi connectivity index (χ0) is 4.99. The number of nitrogens with one attached hydrogen (secondary N) is 1. The molecule has 6 heavy (non-hydrogen) atoms. The highest BCUT2D eigenvalue weighted by Gasteiger charge is 1.85. The van der Waals surface area contributed by atoms with Gasteiger partial charge in [-0.05, 0) is 0 Å². The van der Waals surface area contributed by atoms with Gasteiger partial charge in [-0.15, -0.1) is 0 Å². The van der Waals surface area contributed by atoms with E-state index in [9.17, 15) is 4.79 Å². The highest BCUT2D eigenvalue weighted by atomic mass is 16.2. The predicted molar refractivity (Wildman–Crippen MR) is 21.4 cm³/mol. The summed E-state index contributed by atoms with van der Waals surface area (Å²) in [7, 11) is 0. The summed E-state index contributed by atoms with van der Waals surface area (Å²) >= 11 is 0. The van der Waals surface area contributed by atoms with Crippen molar-refractivity contribution >= 4 is 5.91 Å².